The third-order valence-electron chi connectivity index (χ3n) is 2.67. The molecule has 0 amide bonds. The molecule has 7 nitrogen and oxygen atoms in total. The van der Waals surface area contributed by atoms with Gasteiger partial charge >= 0.3 is 0 Å². The monoisotopic (exact) mass is 262 g/mol. The summed E-state index contributed by atoms with van der Waals surface area (Å²) in [6.45, 7) is 6.44. The Kier molecular flexibility index (Phi) is 3.96. The molecule has 2 aromatic rings. The van der Waals surface area contributed by atoms with Crippen molar-refractivity contribution < 1.29 is 4.42 Å². The van der Waals surface area contributed by atoms with E-state index in [0.717, 1.165) is 17.1 Å². The highest BCUT2D eigenvalue weighted by Crippen LogP contribution is 2.27. The number of nitrogen functional groups attached to an aromatic ring is 1. The number of rotatable bonds is 5. The van der Waals surface area contributed by atoms with Crippen molar-refractivity contribution in [3.05, 3.63) is 29.7 Å². The molecule has 0 unspecified atom stereocenters. The minimum Gasteiger partial charge on any atom is -0.444 e. The second kappa shape index (κ2) is 5.66. The lowest BCUT2D eigenvalue weighted by molar-refractivity contribution is 0.478. The second-order valence-corrected chi connectivity index (χ2v) is 4.50. The molecule has 2 aromatic heterocycles. The van der Waals surface area contributed by atoms with Crippen LogP contribution < -0.4 is 16.6 Å². The van der Waals surface area contributed by atoms with Crippen molar-refractivity contribution in [3.63, 3.8) is 0 Å². The maximum absolute atomic E-state index is 5.47. The molecule has 102 valence electrons. The highest BCUT2D eigenvalue weighted by Gasteiger charge is 2.14. The fourth-order valence-corrected chi connectivity index (χ4v) is 1.84. The van der Waals surface area contributed by atoms with Crippen LogP contribution in [-0.4, -0.2) is 15.0 Å². The number of nitrogens with one attached hydrogen (secondary N) is 2. The zero-order valence-corrected chi connectivity index (χ0v) is 11.3. The molecule has 0 atom stereocenters. The highest BCUT2D eigenvalue weighted by atomic mass is 16.4. The van der Waals surface area contributed by atoms with Crippen LogP contribution in [0.4, 0.5) is 11.6 Å². The molecule has 0 aliphatic rings. The number of nitrogens with zero attached hydrogens (tertiary/aromatic N) is 3. The molecular weight excluding hydrogens is 244 g/mol. The molecule has 0 aliphatic heterocycles. The van der Waals surface area contributed by atoms with E-state index in [2.05, 4.69) is 39.5 Å². The number of aromatic nitrogens is 3. The largest absolute Gasteiger partial charge is 0.444 e. The summed E-state index contributed by atoms with van der Waals surface area (Å²) in [7, 11) is 0. The molecule has 0 saturated heterocycles. The first-order chi connectivity index (χ1) is 9.11. The number of anilines is 2. The molecule has 0 bridgehead atoms. The Hall–Kier alpha value is -2.15. The molecule has 7 heteroatoms. The van der Waals surface area contributed by atoms with Crippen LogP contribution in [0, 0.1) is 6.92 Å². The topological polar surface area (TPSA) is 102 Å². The van der Waals surface area contributed by atoms with Crippen molar-refractivity contribution in [2.24, 2.45) is 5.84 Å². The first kappa shape index (κ1) is 13.3. The van der Waals surface area contributed by atoms with Crippen molar-refractivity contribution >= 4 is 11.6 Å². The molecule has 0 radical (unpaired) electrons. The molecule has 2 rings (SSSR count). The van der Waals surface area contributed by atoms with E-state index in [-0.39, 0.29) is 5.92 Å². The Morgan fingerprint density at radius 2 is 2.00 bits per heavy atom. The summed E-state index contributed by atoms with van der Waals surface area (Å²) in [5, 5.41) is 3.20. The average molecular weight is 262 g/mol. The van der Waals surface area contributed by atoms with E-state index in [1.165, 1.54) is 6.33 Å². The molecular formula is C12H18N6O. The van der Waals surface area contributed by atoms with Crippen LogP contribution >= 0.6 is 0 Å². The first-order valence-electron chi connectivity index (χ1n) is 6.08. The van der Waals surface area contributed by atoms with Gasteiger partial charge in [-0.1, -0.05) is 13.8 Å². The van der Waals surface area contributed by atoms with E-state index < -0.39 is 0 Å². The molecule has 0 aliphatic carbocycles. The summed E-state index contributed by atoms with van der Waals surface area (Å²) in [4.78, 5) is 12.5. The molecule has 19 heavy (non-hydrogen) atoms. The lowest BCUT2D eigenvalue weighted by Crippen LogP contribution is -2.15. The Morgan fingerprint density at radius 1 is 1.26 bits per heavy atom. The van der Waals surface area contributed by atoms with E-state index in [0.29, 0.717) is 18.3 Å². The van der Waals surface area contributed by atoms with Gasteiger partial charge in [0.05, 0.1) is 12.7 Å². The smallest absolute Gasteiger partial charge is 0.213 e. The molecule has 2 heterocycles. The van der Waals surface area contributed by atoms with Gasteiger partial charge in [0.15, 0.2) is 0 Å². The van der Waals surface area contributed by atoms with Gasteiger partial charge in [-0.15, -0.1) is 0 Å². The number of nitrogens with two attached hydrogens (primary N) is 1. The lowest BCUT2D eigenvalue weighted by Gasteiger charge is -2.15. The molecule has 4 N–H and O–H groups in total. The van der Waals surface area contributed by atoms with E-state index in [1.807, 2.05) is 6.92 Å². The molecule has 0 saturated carbocycles. The van der Waals surface area contributed by atoms with Gasteiger partial charge in [0.1, 0.15) is 23.7 Å². The highest BCUT2D eigenvalue weighted by molar-refractivity contribution is 5.58. The lowest BCUT2D eigenvalue weighted by atomic mass is 10.0. The summed E-state index contributed by atoms with van der Waals surface area (Å²) in [6, 6.07) is 0. The third kappa shape index (κ3) is 3.00. The zero-order chi connectivity index (χ0) is 13.8. The summed E-state index contributed by atoms with van der Waals surface area (Å²) < 4.78 is 5.40. The van der Waals surface area contributed by atoms with Crippen molar-refractivity contribution in [2.45, 2.75) is 33.2 Å². The van der Waals surface area contributed by atoms with Crippen molar-refractivity contribution in [2.75, 3.05) is 10.7 Å². The Balaban J connectivity index is 2.19. The van der Waals surface area contributed by atoms with Crippen molar-refractivity contribution in [3.8, 4) is 0 Å². The Morgan fingerprint density at radius 3 is 2.58 bits per heavy atom. The Bertz CT molecular complexity index is 551. The predicted molar refractivity (Wildman–Crippen MR) is 72.5 cm³/mol. The van der Waals surface area contributed by atoms with Crippen LogP contribution in [0.5, 0.6) is 0 Å². The van der Waals surface area contributed by atoms with Gasteiger partial charge in [-0.05, 0) is 12.8 Å². The molecule has 0 spiro atoms. The maximum Gasteiger partial charge on any atom is 0.213 e. The van der Waals surface area contributed by atoms with Gasteiger partial charge in [-0.2, -0.15) is 0 Å². The zero-order valence-electron chi connectivity index (χ0n) is 11.3. The van der Waals surface area contributed by atoms with Crippen LogP contribution in [0.3, 0.4) is 0 Å². The molecule has 0 aromatic carbocycles. The summed E-state index contributed by atoms with van der Waals surface area (Å²) >= 11 is 0. The number of hydrazine groups is 1. The van der Waals surface area contributed by atoms with Crippen LogP contribution in [0.1, 0.15) is 37.0 Å². The van der Waals surface area contributed by atoms with Gasteiger partial charge in [0.25, 0.3) is 0 Å². The maximum atomic E-state index is 5.47. The minimum atomic E-state index is 0.237. The van der Waals surface area contributed by atoms with Crippen LogP contribution in [0.15, 0.2) is 16.9 Å². The number of hydrogen-bond donors (Lipinski definition) is 3. The van der Waals surface area contributed by atoms with Crippen molar-refractivity contribution in [1.29, 1.82) is 0 Å². The predicted octanol–water partition coefficient (Wildman–Crippen LogP) is 1.79. The van der Waals surface area contributed by atoms with Crippen molar-refractivity contribution in [1.82, 2.24) is 15.0 Å². The minimum absolute atomic E-state index is 0.237. The number of oxazole rings is 1. The number of aryl methyl sites for hydroxylation is 1. The fourth-order valence-electron chi connectivity index (χ4n) is 1.84. The van der Waals surface area contributed by atoms with E-state index >= 15 is 0 Å². The summed E-state index contributed by atoms with van der Waals surface area (Å²) in [5.41, 5.74) is 3.53. The van der Waals surface area contributed by atoms with Gasteiger partial charge in [0, 0.05) is 5.56 Å². The van der Waals surface area contributed by atoms with Crippen LogP contribution in [-0.2, 0) is 6.54 Å². The normalized spacial score (nSPS) is 10.8. The van der Waals surface area contributed by atoms with Gasteiger partial charge < -0.3 is 15.2 Å². The van der Waals surface area contributed by atoms with E-state index in [9.17, 15) is 0 Å². The second-order valence-electron chi connectivity index (χ2n) is 4.50. The number of hydrogen-bond acceptors (Lipinski definition) is 7. The van der Waals surface area contributed by atoms with E-state index in [4.69, 9.17) is 10.3 Å². The standard InChI is InChI=1S/C12H18N6O/c1-7(2)10-11(16-6-17-12(10)18-13)15-5-9-14-4-8(3)19-9/h4,6-7H,5,13H2,1-3H3,(H2,15,16,17,18). The van der Waals surface area contributed by atoms with Gasteiger partial charge in [-0.3, -0.25) is 0 Å². The third-order valence-corrected chi connectivity index (χ3v) is 2.67. The average Bonchev–Trinajstić information content (AvgIpc) is 2.81. The fraction of sp³-hybridized carbons (Fsp3) is 0.417. The quantitative estimate of drug-likeness (QED) is 0.557. The van der Waals surface area contributed by atoms with Crippen LogP contribution in [0.25, 0.3) is 0 Å². The molecule has 0 fully saturated rings. The van der Waals surface area contributed by atoms with E-state index in [1.54, 1.807) is 6.20 Å². The first-order valence-corrected chi connectivity index (χ1v) is 6.08. The van der Waals surface area contributed by atoms with Gasteiger partial charge in [-0.25, -0.2) is 20.8 Å². The Labute approximate surface area is 111 Å². The summed E-state index contributed by atoms with van der Waals surface area (Å²) in [6.07, 6.45) is 3.15. The summed E-state index contributed by atoms with van der Waals surface area (Å²) in [5.74, 6) is 8.46. The van der Waals surface area contributed by atoms with Crippen LogP contribution in [0.2, 0.25) is 0 Å². The SMILES string of the molecule is Cc1cnc(CNc2ncnc(NN)c2C(C)C)o1. The van der Waals surface area contributed by atoms with Gasteiger partial charge in [0.2, 0.25) is 5.89 Å².